The zero-order valence-corrected chi connectivity index (χ0v) is 9.40. The number of carbonyl (C=O) groups is 2. The summed E-state index contributed by atoms with van der Waals surface area (Å²) in [5.74, 6) is 0. The molecule has 0 unspecified atom stereocenters. The molecule has 1 aromatic carbocycles. The molecule has 17 heavy (non-hydrogen) atoms. The molecule has 1 saturated heterocycles. The van der Waals surface area contributed by atoms with Gasteiger partial charge in [0.25, 0.3) is 0 Å². The second-order valence-electron chi connectivity index (χ2n) is 3.55. The third-order valence-corrected chi connectivity index (χ3v) is 2.47. The molecule has 6 heteroatoms. The molecule has 2 rings (SSSR count). The first-order chi connectivity index (χ1) is 8.20. The number of nitrogens with one attached hydrogen (secondary N) is 2. The maximum atomic E-state index is 11.4. The van der Waals surface area contributed by atoms with Crippen molar-refractivity contribution < 1.29 is 14.3 Å². The lowest BCUT2D eigenvalue weighted by atomic mass is 10.2. The van der Waals surface area contributed by atoms with Crippen LogP contribution in [-0.2, 0) is 4.74 Å². The Morgan fingerprint density at radius 2 is 2.12 bits per heavy atom. The van der Waals surface area contributed by atoms with Crippen molar-refractivity contribution in [3.05, 3.63) is 24.3 Å². The molecule has 6 nitrogen and oxygen atoms in total. The van der Waals surface area contributed by atoms with E-state index in [0.29, 0.717) is 18.8 Å². The summed E-state index contributed by atoms with van der Waals surface area (Å²) in [6.07, 6.45) is -0.517. The van der Waals surface area contributed by atoms with Crippen molar-refractivity contribution in [2.45, 2.75) is 0 Å². The molecular formula is C11H13N3O3. The van der Waals surface area contributed by atoms with Gasteiger partial charge >= 0.3 is 12.1 Å². The largest absolute Gasteiger partial charge is 0.453 e. The van der Waals surface area contributed by atoms with E-state index in [4.69, 9.17) is 0 Å². The number of anilines is 2. The highest BCUT2D eigenvalue weighted by molar-refractivity contribution is 5.94. The van der Waals surface area contributed by atoms with E-state index in [0.717, 1.165) is 5.69 Å². The van der Waals surface area contributed by atoms with Crippen molar-refractivity contribution in [1.82, 2.24) is 5.32 Å². The molecule has 1 aliphatic rings. The van der Waals surface area contributed by atoms with Crippen LogP contribution in [0.3, 0.4) is 0 Å². The number of hydrogen-bond donors (Lipinski definition) is 2. The summed E-state index contributed by atoms with van der Waals surface area (Å²) in [6, 6.07) is 6.89. The molecule has 1 fully saturated rings. The predicted octanol–water partition coefficient (Wildman–Crippen LogP) is 1.39. The normalized spacial score (nSPS) is 14.4. The van der Waals surface area contributed by atoms with Gasteiger partial charge in [0.1, 0.15) is 0 Å². The Morgan fingerprint density at radius 1 is 1.41 bits per heavy atom. The van der Waals surface area contributed by atoms with Crippen LogP contribution in [0, 0.1) is 0 Å². The van der Waals surface area contributed by atoms with Gasteiger partial charge in [-0.25, -0.2) is 9.59 Å². The molecule has 90 valence electrons. The van der Waals surface area contributed by atoms with E-state index in [1.54, 1.807) is 29.2 Å². The van der Waals surface area contributed by atoms with Crippen LogP contribution < -0.4 is 15.5 Å². The molecule has 0 atom stereocenters. The van der Waals surface area contributed by atoms with Crippen molar-refractivity contribution >= 4 is 23.5 Å². The minimum atomic E-state index is -0.517. The molecule has 1 heterocycles. The molecule has 0 bridgehead atoms. The van der Waals surface area contributed by atoms with Crippen LogP contribution in [0.5, 0.6) is 0 Å². The minimum Gasteiger partial charge on any atom is -0.453 e. The van der Waals surface area contributed by atoms with Crippen LogP contribution in [0.15, 0.2) is 24.3 Å². The van der Waals surface area contributed by atoms with E-state index >= 15 is 0 Å². The fourth-order valence-electron chi connectivity index (χ4n) is 1.61. The first-order valence-corrected chi connectivity index (χ1v) is 5.21. The Bertz CT molecular complexity index is 430. The first kappa shape index (κ1) is 11.3. The smallest absolute Gasteiger partial charge is 0.411 e. The van der Waals surface area contributed by atoms with Gasteiger partial charge in [-0.3, -0.25) is 10.2 Å². The fraction of sp³-hybridized carbons (Fsp3) is 0.273. The lowest BCUT2D eigenvalue weighted by molar-refractivity contribution is 0.187. The van der Waals surface area contributed by atoms with Crippen molar-refractivity contribution in [2.24, 2.45) is 0 Å². The van der Waals surface area contributed by atoms with Gasteiger partial charge < -0.3 is 10.1 Å². The van der Waals surface area contributed by atoms with E-state index in [1.807, 2.05) is 0 Å². The second kappa shape index (κ2) is 4.73. The van der Waals surface area contributed by atoms with E-state index in [9.17, 15) is 9.59 Å². The van der Waals surface area contributed by atoms with Gasteiger partial charge in [-0.2, -0.15) is 0 Å². The highest BCUT2D eigenvalue weighted by Gasteiger charge is 2.20. The topological polar surface area (TPSA) is 70.7 Å². The quantitative estimate of drug-likeness (QED) is 0.813. The summed E-state index contributed by atoms with van der Waals surface area (Å²) < 4.78 is 4.48. The number of methoxy groups -OCH3 is 1. The number of hydrogen-bond acceptors (Lipinski definition) is 3. The maximum absolute atomic E-state index is 11.4. The van der Waals surface area contributed by atoms with Gasteiger partial charge in [-0.05, 0) is 24.3 Å². The number of rotatable bonds is 2. The number of carbonyl (C=O) groups excluding carboxylic acids is 2. The predicted molar refractivity (Wildman–Crippen MR) is 63.2 cm³/mol. The van der Waals surface area contributed by atoms with Crippen LogP contribution >= 0.6 is 0 Å². The van der Waals surface area contributed by atoms with Gasteiger partial charge in [0.15, 0.2) is 0 Å². The van der Waals surface area contributed by atoms with E-state index in [1.165, 1.54) is 7.11 Å². The molecule has 0 aliphatic carbocycles. The summed E-state index contributed by atoms with van der Waals surface area (Å²) in [6.45, 7) is 1.31. The van der Waals surface area contributed by atoms with E-state index in [2.05, 4.69) is 15.4 Å². The highest BCUT2D eigenvalue weighted by atomic mass is 16.5. The van der Waals surface area contributed by atoms with E-state index in [-0.39, 0.29) is 6.03 Å². The summed E-state index contributed by atoms with van der Waals surface area (Å²) in [5, 5.41) is 5.26. The number of benzene rings is 1. The summed E-state index contributed by atoms with van der Waals surface area (Å²) in [5.41, 5.74) is 1.43. The molecule has 0 aromatic heterocycles. The minimum absolute atomic E-state index is 0.0984. The lowest BCUT2D eigenvalue weighted by Gasteiger charge is -2.14. The van der Waals surface area contributed by atoms with E-state index < -0.39 is 6.09 Å². The third kappa shape index (κ3) is 2.47. The van der Waals surface area contributed by atoms with Gasteiger partial charge in [0.2, 0.25) is 0 Å². The average Bonchev–Trinajstić information content (AvgIpc) is 2.76. The van der Waals surface area contributed by atoms with Gasteiger partial charge in [-0.15, -0.1) is 0 Å². The molecule has 1 aromatic rings. The zero-order chi connectivity index (χ0) is 12.3. The Labute approximate surface area is 98.5 Å². The Morgan fingerprint density at radius 3 is 2.65 bits per heavy atom. The monoisotopic (exact) mass is 235 g/mol. The fourth-order valence-corrected chi connectivity index (χ4v) is 1.61. The molecule has 0 spiro atoms. The Hall–Kier alpha value is -2.24. The standard InChI is InChI=1S/C11H13N3O3/c1-17-11(16)13-8-2-4-9(5-3-8)14-7-6-12-10(14)15/h2-5H,6-7H2,1H3,(H,12,15)(H,13,16). The highest BCUT2D eigenvalue weighted by Crippen LogP contribution is 2.19. The van der Waals surface area contributed by atoms with Gasteiger partial charge in [0, 0.05) is 24.5 Å². The molecular weight excluding hydrogens is 222 g/mol. The van der Waals surface area contributed by atoms with Crippen molar-refractivity contribution in [1.29, 1.82) is 0 Å². The van der Waals surface area contributed by atoms with Crippen LogP contribution in [0.2, 0.25) is 0 Å². The van der Waals surface area contributed by atoms with Crippen molar-refractivity contribution in [3.63, 3.8) is 0 Å². The molecule has 0 radical (unpaired) electrons. The first-order valence-electron chi connectivity index (χ1n) is 5.21. The lowest BCUT2D eigenvalue weighted by Crippen LogP contribution is -2.27. The van der Waals surface area contributed by atoms with Crippen LogP contribution in [0.4, 0.5) is 21.0 Å². The molecule has 1 aliphatic heterocycles. The molecule has 0 saturated carbocycles. The van der Waals surface area contributed by atoms with Crippen LogP contribution in [0.1, 0.15) is 0 Å². The maximum Gasteiger partial charge on any atom is 0.411 e. The third-order valence-electron chi connectivity index (χ3n) is 2.47. The van der Waals surface area contributed by atoms with Crippen LogP contribution in [-0.4, -0.2) is 32.3 Å². The van der Waals surface area contributed by atoms with Gasteiger partial charge in [-0.1, -0.05) is 0 Å². The Kier molecular flexibility index (Phi) is 3.13. The SMILES string of the molecule is COC(=O)Nc1ccc(N2CCNC2=O)cc1. The number of ether oxygens (including phenoxy) is 1. The average molecular weight is 235 g/mol. The molecule has 2 N–H and O–H groups in total. The van der Waals surface area contributed by atoms with Crippen LogP contribution in [0.25, 0.3) is 0 Å². The summed E-state index contributed by atoms with van der Waals surface area (Å²) >= 11 is 0. The Balaban J connectivity index is 2.07. The summed E-state index contributed by atoms with van der Waals surface area (Å²) in [7, 11) is 1.30. The number of amides is 3. The summed E-state index contributed by atoms with van der Waals surface area (Å²) in [4.78, 5) is 24.0. The second-order valence-corrected chi connectivity index (χ2v) is 3.55. The zero-order valence-electron chi connectivity index (χ0n) is 9.40. The number of urea groups is 1. The van der Waals surface area contributed by atoms with Crippen molar-refractivity contribution in [2.75, 3.05) is 30.4 Å². The number of nitrogens with zero attached hydrogens (tertiary/aromatic N) is 1. The van der Waals surface area contributed by atoms with Gasteiger partial charge in [0.05, 0.1) is 7.11 Å². The van der Waals surface area contributed by atoms with Crippen molar-refractivity contribution in [3.8, 4) is 0 Å². The molecule has 3 amide bonds.